The van der Waals surface area contributed by atoms with Crippen LogP contribution in [0.25, 0.3) is 0 Å². The van der Waals surface area contributed by atoms with Gasteiger partial charge in [0.1, 0.15) is 0 Å². The Labute approximate surface area is 131 Å². The van der Waals surface area contributed by atoms with E-state index in [1.165, 1.54) is 11.3 Å². The molecule has 2 aromatic heterocycles. The molecule has 3 rings (SSSR count). The van der Waals surface area contributed by atoms with Crippen LogP contribution in [-0.4, -0.2) is 22.1 Å². The first-order valence-electron chi connectivity index (χ1n) is 6.78. The zero-order valence-corrected chi connectivity index (χ0v) is 12.8. The maximum Gasteiger partial charge on any atom is 0.261 e. The zero-order chi connectivity index (χ0) is 14.8. The van der Waals surface area contributed by atoms with Crippen molar-refractivity contribution < 1.29 is 9.90 Å². The lowest BCUT2D eigenvalue weighted by molar-refractivity contribution is 0.0228. The number of halogens is 1. The lowest BCUT2D eigenvalue weighted by Crippen LogP contribution is -2.41. The number of amides is 1. The highest BCUT2D eigenvalue weighted by Crippen LogP contribution is 2.37. The van der Waals surface area contributed by atoms with E-state index < -0.39 is 0 Å². The van der Waals surface area contributed by atoms with Crippen LogP contribution in [0.2, 0.25) is 4.34 Å². The number of aliphatic hydroxyl groups excluding tert-OH is 1. The predicted octanol–water partition coefficient (Wildman–Crippen LogP) is 3.04. The van der Waals surface area contributed by atoms with Crippen LogP contribution in [0, 0.1) is 5.92 Å². The van der Waals surface area contributed by atoms with Crippen molar-refractivity contribution >= 4 is 28.8 Å². The molecule has 1 aliphatic rings. The fourth-order valence-electron chi connectivity index (χ4n) is 2.54. The summed E-state index contributed by atoms with van der Waals surface area (Å²) in [4.78, 5) is 17.2. The second-order valence-electron chi connectivity index (χ2n) is 5.19. The molecule has 1 atom stereocenters. The number of pyridine rings is 1. The number of carbonyl (C=O) groups excluding carboxylic acids is 1. The molecule has 0 radical (unpaired) electrons. The Hall–Kier alpha value is -1.43. The molecule has 0 saturated heterocycles. The predicted molar refractivity (Wildman–Crippen MR) is 82.5 cm³/mol. The van der Waals surface area contributed by atoms with Gasteiger partial charge in [-0.25, -0.2) is 0 Å². The highest BCUT2D eigenvalue weighted by atomic mass is 35.5. The molecule has 0 spiro atoms. The molecule has 1 aliphatic carbocycles. The van der Waals surface area contributed by atoms with E-state index in [-0.39, 0.29) is 24.0 Å². The van der Waals surface area contributed by atoms with Crippen molar-refractivity contribution in [3.8, 4) is 0 Å². The number of hydrogen-bond acceptors (Lipinski definition) is 4. The lowest BCUT2D eigenvalue weighted by atomic mass is 9.76. The molecule has 0 aliphatic heterocycles. The molecule has 6 heteroatoms. The third-order valence-electron chi connectivity index (χ3n) is 3.71. The summed E-state index contributed by atoms with van der Waals surface area (Å²) >= 11 is 7.13. The van der Waals surface area contributed by atoms with Crippen molar-refractivity contribution in [3.63, 3.8) is 0 Å². The fourth-order valence-corrected chi connectivity index (χ4v) is 3.49. The van der Waals surface area contributed by atoms with E-state index in [0.717, 1.165) is 5.69 Å². The van der Waals surface area contributed by atoms with Gasteiger partial charge in [-0.05, 0) is 43.0 Å². The zero-order valence-electron chi connectivity index (χ0n) is 11.2. The molecule has 2 heterocycles. The van der Waals surface area contributed by atoms with E-state index in [9.17, 15) is 9.90 Å². The molecule has 1 saturated carbocycles. The van der Waals surface area contributed by atoms with Gasteiger partial charge in [0.15, 0.2) is 0 Å². The van der Waals surface area contributed by atoms with Crippen molar-refractivity contribution in [1.82, 2.24) is 10.3 Å². The van der Waals surface area contributed by atoms with E-state index in [1.54, 1.807) is 18.3 Å². The van der Waals surface area contributed by atoms with Crippen LogP contribution in [-0.2, 0) is 0 Å². The minimum atomic E-state index is -0.269. The van der Waals surface area contributed by atoms with Crippen LogP contribution in [0.5, 0.6) is 0 Å². The van der Waals surface area contributed by atoms with Crippen LogP contribution < -0.4 is 5.32 Å². The number of aliphatic hydroxyl groups is 1. The third kappa shape index (κ3) is 3.26. The van der Waals surface area contributed by atoms with E-state index in [1.807, 2.05) is 18.2 Å². The first-order chi connectivity index (χ1) is 10.1. The van der Waals surface area contributed by atoms with Gasteiger partial charge in [-0.1, -0.05) is 17.7 Å². The first kappa shape index (κ1) is 14.5. The minimum absolute atomic E-state index is 0.149. The highest BCUT2D eigenvalue weighted by molar-refractivity contribution is 7.17. The van der Waals surface area contributed by atoms with Gasteiger partial charge in [-0.2, -0.15) is 0 Å². The summed E-state index contributed by atoms with van der Waals surface area (Å²) in [6.07, 6.45) is 2.82. The van der Waals surface area contributed by atoms with Gasteiger partial charge in [0.2, 0.25) is 0 Å². The summed E-state index contributed by atoms with van der Waals surface area (Å²) < 4.78 is 0.591. The molecular formula is C15H15ClN2O2S. The molecule has 0 bridgehead atoms. The number of nitrogens with one attached hydrogen (secondary N) is 1. The van der Waals surface area contributed by atoms with Crippen LogP contribution in [0.15, 0.2) is 36.5 Å². The summed E-state index contributed by atoms with van der Waals surface area (Å²) in [5, 5.41) is 12.5. The maximum absolute atomic E-state index is 12.3. The smallest absolute Gasteiger partial charge is 0.261 e. The van der Waals surface area contributed by atoms with Crippen molar-refractivity contribution in [3.05, 3.63) is 51.4 Å². The number of nitrogens with zero attached hydrogens (tertiary/aromatic N) is 1. The summed E-state index contributed by atoms with van der Waals surface area (Å²) in [6, 6.07) is 8.90. The molecule has 110 valence electrons. The van der Waals surface area contributed by atoms with Crippen LogP contribution >= 0.6 is 22.9 Å². The quantitative estimate of drug-likeness (QED) is 0.909. The number of aromatic nitrogens is 1. The van der Waals surface area contributed by atoms with Gasteiger partial charge < -0.3 is 10.4 Å². The Morgan fingerprint density at radius 3 is 2.76 bits per heavy atom. The summed E-state index contributed by atoms with van der Waals surface area (Å²) in [7, 11) is 0. The van der Waals surface area contributed by atoms with Gasteiger partial charge in [0.25, 0.3) is 5.91 Å². The molecule has 2 aromatic rings. The Morgan fingerprint density at radius 1 is 1.38 bits per heavy atom. The number of hydrogen-bond donors (Lipinski definition) is 2. The van der Waals surface area contributed by atoms with Crippen molar-refractivity contribution in [2.24, 2.45) is 5.92 Å². The fraction of sp³-hybridized carbons (Fsp3) is 0.333. The van der Waals surface area contributed by atoms with Gasteiger partial charge in [0, 0.05) is 6.20 Å². The molecule has 4 nitrogen and oxygen atoms in total. The topological polar surface area (TPSA) is 62.2 Å². The molecule has 1 fully saturated rings. The van der Waals surface area contributed by atoms with E-state index in [2.05, 4.69) is 10.3 Å². The maximum atomic E-state index is 12.3. The van der Waals surface area contributed by atoms with Gasteiger partial charge in [0.05, 0.1) is 27.1 Å². The first-order valence-corrected chi connectivity index (χ1v) is 7.98. The van der Waals surface area contributed by atoms with Crippen LogP contribution in [0.1, 0.15) is 34.2 Å². The van der Waals surface area contributed by atoms with Crippen molar-refractivity contribution in [1.29, 1.82) is 0 Å². The van der Waals surface area contributed by atoms with Crippen molar-refractivity contribution in [2.45, 2.75) is 25.0 Å². The normalized spacial score (nSPS) is 22.4. The molecule has 1 amide bonds. The van der Waals surface area contributed by atoms with Crippen LogP contribution in [0.3, 0.4) is 0 Å². The number of thiophene rings is 1. The summed E-state index contributed by atoms with van der Waals surface area (Å²) in [5.41, 5.74) is 0.824. The minimum Gasteiger partial charge on any atom is -0.393 e. The molecule has 0 aromatic carbocycles. The Morgan fingerprint density at radius 2 is 2.19 bits per heavy atom. The number of carbonyl (C=O) groups is 1. The highest BCUT2D eigenvalue weighted by Gasteiger charge is 2.36. The summed E-state index contributed by atoms with van der Waals surface area (Å²) in [5.74, 6) is 0.0678. The Kier molecular flexibility index (Phi) is 4.24. The van der Waals surface area contributed by atoms with E-state index in [0.29, 0.717) is 22.1 Å². The molecule has 21 heavy (non-hydrogen) atoms. The lowest BCUT2D eigenvalue weighted by Gasteiger charge is -2.37. The van der Waals surface area contributed by atoms with Gasteiger partial charge in [-0.15, -0.1) is 11.3 Å². The summed E-state index contributed by atoms with van der Waals surface area (Å²) in [6.45, 7) is 0. The second-order valence-corrected chi connectivity index (χ2v) is 6.91. The molecule has 2 N–H and O–H groups in total. The Balaban J connectivity index is 1.78. The molecular weight excluding hydrogens is 308 g/mol. The third-order valence-corrected chi connectivity index (χ3v) is 4.94. The largest absolute Gasteiger partial charge is 0.393 e. The van der Waals surface area contributed by atoms with Gasteiger partial charge in [-0.3, -0.25) is 9.78 Å². The monoisotopic (exact) mass is 322 g/mol. The SMILES string of the molecule is O=C(N[C@H](c1ccccn1)C1CC(O)C1)c1ccc(Cl)s1. The molecule has 0 unspecified atom stereocenters. The van der Waals surface area contributed by atoms with Crippen LogP contribution in [0.4, 0.5) is 0 Å². The average molecular weight is 323 g/mol. The van der Waals surface area contributed by atoms with Gasteiger partial charge >= 0.3 is 0 Å². The standard InChI is InChI=1S/C15H15ClN2O2S/c16-13-5-4-12(21-13)15(20)18-14(9-7-10(19)8-9)11-3-1-2-6-17-11/h1-6,9-10,14,19H,7-8H2,(H,18,20)/t9?,10?,14-/m0/s1. The van der Waals surface area contributed by atoms with Crippen molar-refractivity contribution in [2.75, 3.05) is 0 Å². The number of rotatable bonds is 4. The van der Waals surface area contributed by atoms with E-state index in [4.69, 9.17) is 11.6 Å². The Bertz CT molecular complexity index is 626. The van der Waals surface area contributed by atoms with E-state index >= 15 is 0 Å². The average Bonchev–Trinajstić information content (AvgIpc) is 2.89. The second kappa shape index (κ2) is 6.13.